The number of anilines is 1. The van der Waals surface area contributed by atoms with Crippen LogP contribution in [0.1, 0.15) is 27.8 Å². The molecule has 0 aliphatic carbocycles. The van der Waals surface area contributed by atoms with Crippen LogP contribution in [0.2, 0.25) is 0 Å². The van der Waals surface area contributed by atoms with Gasteiger partial charge in [-0.15, -0.1) is 0 Å². The van der Waals surface area contributed by atoms with Crippen LogP contribution < -0.4 is 10.1 Å². The summed E-state index contributed by atoms with van der Waals surface area (Å²) in [6, 6.07) is 23.2. The average Bonchev–Trinajstić information content (AvgIpc) is 2.70. The smallest absolute Gasteiger partial charge is 0.266 e. The van der Waals surface area contributed by atoms with E-state index in [-0.39, 0.29) is 5.57 Å². The van der Waals surface area contributed by atoms with Crippen molar-refractivity contribution in [2.24, 2.45) is 0 Å². The molecular weight excluding hydrogens is 372 g/mol. The van der Waals surface area contributed by atoms with Crippen molar-refractivity contribution in [1.29, 1.82) is 5.26 Å². The topological polar surface area (TPSA) is 62.1 Å². The molecule has 0 heterocycles. The maximum absolute atomic E-state index is 12.5. The van der Waals surface area contributed by atoms with Crippen LogP contribution in [-0.2, 0) is 11.4 Å². The van der Waals surface area contributed by atoms with Gasteiger partial charge in [0.25, 0.3) is 5.91 Å². The van der Waals surface area contributed by atoms with Crippen LogP contribution in [0.15, 0.2) is 72.3 Å². The average molecular weight is 396 g/mol. The van der Waals surface area contributed by atoms with Gasteiger partial charge in [0, 0.05) is 5.69 Å². The zero-order valence-electron chi connectivity index (χ0n) is 17.4. The van der Waals surface area contributed by atoms with Crippen LogP contribution in [0.3, 0.4) is 0 Å². The highest BCUT2D eigenvalue weighted by molar-refractivity contribution is 6.09. The first-order valence-corrected chi connectivity index (χ1v) is 9.73. The van der Waals surface area contributed by atoms with Gasteiger partial charge in [-0.2, -0.15) is 5.26 Å². The zero-order valence-corrected chi connectivity index (χ0v) is 17.4. The molecule has 4 heteroatoms. The lowest BCUT2D eigenvalue weighted by atomic mass is 10.1. The van der Waals surface area contributed by atoms with E-state index in [1.165, 1.54) is 5.56 Å². The molecule has 0 bridgehead atoms. The van der Waals surface area contributed by atoms with Gasteiger partial charge < -0.3 is 10.1 Å². The summed E-state index contributed by atoms with van der Waals surface area (Å²) in [7, 11) is 0. The number of hydrogen-bond donors (Lipinski definition) is 1. The van der Waals surface area contributed by atoms with Crippen molar-refractivity contribution < 1.29 is 9.53 Å². The maximum atomic E-state index is 12.5. The van der Waals surface area contributed by atoms with E-state index in [1.54, 1.807) is 6.08 Å². The van der Waals surface area contributed by atoms with E-state index in [0.29, 0.717) is 12.3 Å². The quantitative estimate of drug-likeness (QED) is 0.427. The van der Waals surface area contributed by atoms with Crippen molar-refractivity contribution in [1.82, 2.24) is 0 Å². The number of nitrogens with one attached hydrogen (secondary N) is 1. The lowest BCUT2D eigenvalue weighted by Crippen LogP contribution is -2.13. The SMILES string of the molecule is Cc1cccc(COc2ccc(C=C(C#N)C(=O)Nc3cc(C)cc(C)c3)cc2)c1. The van der Waals surface area contributed by atoms with E-state index in [0.717, 1.165) is 28.0 Å². The first-order chi connectivity index (χ1) is 14.4. The highest BCUT2D eigenvalue weighted by Gasteiger charge is 2.10. The van der Waals surface area contributed by atoms with Gasteiger partial charge in [0.05, 0.1) is 0 Å². The molecular formula is C26H24N2O2. The first kappa shape index (κ1) is 20.9. The second-order valence-electron chi connectivity index (χ2n) is 7.35. The number of nitriles is 1. The monoisotopic (exact) mass is 396 g/mol. The lowest BCUT2D eigenvalue weighted by molar-refractivity contribution is -0.112. The normalized spacial score (nSPS) is 10.9. The molecule has 1 amide bonds. The molecule has 0 saturated carbocycles. The van der Waals surface area contributed by atoms with Crippen LogP contribution in [0, 0.1) is 32.1 Å². The van der Waals surface area contributed by atoms with Crippen molar-refractivity contribution >= 4 is 17.7 Å². The number of hydrogen-bond acceptors (Lipinski definition) is 3. The van der Waals surface area contributed by atoms with Crippen molar-refractivity contribution in [3.63, 3.8) is 0 Å². The standard InChI is InChI=1S/C26H24N2O2/c1-18-5-4-6-22(12-18)17-30-25-9-7-21(8-10-25)15-23(16-27)26(29)28-24-13-19(2)11-20(3)14-24/h4-15H,17H2,1-3H3,(H,28,29). The van der Waals surface area contributed by atoms with Gasteiger partial charge in [-0.25, -0.2) is 0 Å². The Morgan fingerprint density at radius 1 is 0.967 bits per heavy atom. The van der Waals surface area contributed by atoms with E-state index in [2.05, 4.69) is 11.4 Å². The molecule has 0 aliphatic heterocycles. The van der Waals surface area contributed by atoms with Gasteiger partial charge in [0.15, 0.2) is 0 Å². The Morgan fingerprint density at radius 2 is 1.67 bits per heavy atom. The molecule has 4 nitrogen and oxygen atoms in total. The third kappa shape index (κ3) is 5.83. The third-order valence-corrected chi connectivity index (χ3v) is 4.52. The molecule has 1 N–H and O–H groups in total. The molecule has 150 valence electrons. The number of aryl methyl sites for hydroxylation is 3. The fourth-order valence-corrected chi connectivity index (χ4v) is 3.19. The minimum atomic E-state index is -0.428. The van der Waals surface area contributed by atoms with Crippen LogP contribution >= 0.6 is 0 Å². The van der Waals surface area contributed by atoms with Crippen LogP contribution in [-0.4, -0.2) is 5.91 Å². The number of carbonyl (C=O) groups is 1. The molecule has 0 fully saturated rings. The van der Waals surface area contributed by atoms with Crippen molar-refractivity contribution in [2.45, 2.75) is 27.4 Å². The molecule has 0 saturated heterocycles. The van der Waals surface area contributed by atoms with Crippen LogP contribution in [0.25, 0.3) is 6.08 Å². The van der Waals surface area contributed by atoms with Crippen molar-refractivity contribution in [3.05, 3.63) is 100 Å². The Bertz CT molecular complexity index is 1100. The summed E-state index contributed by atoms with van der Waals surface area (Å²) in [5.74, 6) is 0.300. The van der Waals surface area contributed by atoms with E-state index in [4.69, 9.17) is 4.74 Å². The largest absolute Gasteiger partial charge is 0.489 e. The van der Waals surface area contributed by atoms with E-state index < -0.39 is 5.91 Å². The van der Waals surface area contributed by atoms with Gasteiger partial charge in [0.1, 0.15) is 24.0 Å². The van der Waals surface area contributed by atoms with Crippen molar-refractivity contribution in [3.8, 4) is 11.8 Å². The summed E-state index contributed by atoms with van der Waals surface area (Å²) in [4.78, 5) is 12.5. The lowest BCUT2D eigenvalue weighted by Gasteiger charge is -2.08. The van der Waals surface area contributed by atoms with Gasteiger partial charge in [-0.3, -0.25) is 4.79 Å². The molecule has 0 spiro atoms. The van der Waals surface area contributed by atoms with Crippen LogP contribution in [0.4, 0.5) is 5.69 Å². The molecule has 3 aromatic carbocycles. The summed E-state index contributed by atoms with van der Waals surface area (Å²) >= 11 is 0. The summed E-state index contributed by atoms with van der Waals surface area (Å²) in [6.45, 7) is 6.46. The second kappa shape index (κ2) is 9.58. The maximum Gasteiger partial charge on any atom is 0.266 e. The second-order valence-corrected chi connectivity index (χ2v) is 7.35. The van der Waals surface area contributed by atoms with E-state index >= 15 is 0 Å². The zero-order chi connectivity index (χ0) is 21.5. The Hall–Kier alpha value is -3.84. The molecule has 0 unspecified atom stereocenters. The predicted molar refractivity (Wildman–Crippen MR) is 120 cm³/mol. The molecule has 0 aromatic heterocycles. The summed E-state index contributed by atoms with van der Waals surface area (Å²) in [5.41, 5.74) is 5.88. The highest BCUT2D eigenvalue weighted by Crippen LogP contribution is 2.18. The Balaban J connectivity index is 1.66. The Kier molecular flexibility index (Phi) is 6.67. The van der Waals surface area contributed by atoms with Gasteiger partial charge in [0.2, 0.25) is 0 Å². The highest BCUT2D eigenvalue weighted by atomic mass is 16.5. The molecule has 30 heavy (non-hydrogen) atoms. The Morgan fingerprint density at radius 3 is 2.30 bits per heavy atom. The molecule has 3 rings (SSSR count). The molecule has 0 atom stereocenters. The molecule has 0 radical (unpaired) electrons. The van der Waals surface area contributed by atoms with E-state index in [9.17, 15) is 10.1 Å². The van der Waals surface area contributed by atoms with Gasteiger partial charge in [-0.1, -0.05) is 48.0 Å². The number of rotatable bonds is 6. The fourth-order valence-electron chi connectivity index (χ4n) is 3.19. The first-order valence-electron chi connectivity index (χ1n) is 9.73. The number of amides is 1. The number of ether oxygens (including phenoxy) is 1. The molecule has 3 aromatic rings. The van der Waals surface area contributed by atoms with Crippen LogP contribution in [0.5, 0.6) is 5.75 Å². The minimum Gasteiger partial charge on any atom is -0.489 e. The number of carbonyl (C=O) groups excluding carboxylic acids is 1. The number of nitrogens with zero attached hydrogens (tertiary/aromatic N) is 1. The summed E-state index contributed by atoms with van der Waals surface area (Å²) in [6.07, 6.45) is 1.57. The summed E-state index contributed by atoms with van der Waals surface area (Å²) in [5, 5.41) is 12.2. The van der Waals surface area contributed by atoms with Gasteiger partial charge in [-0.05, 0) is 73.4 Å². The summed E-state index contributed by atoms with van der Waals surface area (Å²) < 4.78 is 5.82. The van der Waals surface area contributed by atoms with Crippen molar-refractivity contribution in [2.75, 3.05) is 5.32 Å². The predicted octanol–water partition coefficient (Wildman–Crippen LogP) is 5.74. The minimum absolute atomic E-state index is 0.0441. The van der Waals surface area contributed by atoms with Gasteiger partial charge >= 0.3 is 0 Å². The third-order valence-electron chi connectivity index (χ3n) is 4.52. The fraction of sp³-hybridized carbons (Fsp3) is 0.154. The number of benzene rings is 3. The Labute approximate surface area is 177 Å². The molecule has 0 aliphatic rings. The van der Waals surface area contributed by atoms with E-state index in [1.807, 2.05) is 87.5 Å².